The second-order valence-corrected chi connectivity index (χ2v) is 10.7. The van der Waals surface area contributed by atoms with Crippen molar-refractivity contribution in [3.8, 4) is 17.1 Å². The summed E-state index contributed by atoms with van der Waals surface area (Å²) in [6.07, 6.45) is 0.761. The molecule has 2 aromatic carbocycles. The molecule has 0 N–H and O–H groups in total. The van der Waals surface area contributed by atoms with Crippen LogP contribution in [0.25, 0.3) is 11.4 Å². The molecular formula is C25H29N3O6S. The molecule has 0 bridgehead atoms. The summed E-state index contributed by atoms with van der Waals surface area (Å²) in [7, 11) is -2.11. The monoisotopic (exact) mass is 499 g/mol. The zero-order valence-corrected chi connectivity index (χ0v) is 20.8. The maximum absolute atomic E-state index is 12.9. The van der Waals surface area contributed by atoms with E-state index in [0.717, 1.165) is 5.56 Å². The highest BCUT2D eigenvalue weighted by Crippen LogP contribution is 2.26. The number of nitrogens with zero attached hydrogens (tertiary/aromatic N) is 3. The first-order valence-corrected chi connectivity index (χ1v) is 13.0. The molecule has 0 radical (unpaired) electrons. The normalized spacial score (nSPS) is 15.3. The first-order valence-electron chi connectivity index (χ1n) is 11.5. The lowest BCUT2D eigenvalue weighted by molar-refractivity contribution is -0.152. The van der Waals surface area contributed by atoms with Crippen LogP contribution in [-0.4, -0.2) is 49.0 Å². The summed E-state index contributed by atoms with van der Waals surface area (Å²) in [5.41, 5.74) is 2.04. The van der Waals surface area contributed by atoms with Crippen molar-refractivity contribution in [2.45, 2.75) is 44.1 Å². The Kier molecular flexibility index (Phi) is 7.51. The molecule has 1 aliphatic heterocycles. The molecule has 9 nitrogen and oxygen atoms in total. The van der Waals surface area contributed by atoms with Gasteiger partial charge < -0.3 is 14.0 Å². The number of ether oxygens (including phenoxy) is 2. The van der Waals surface area contributed by atoms with Gasteiger partial charge in [-0.1, -0.05) is 43.3 Å². The largest absolute Gasteiger partial charge is 0.497 e. The number of esters is 1. The number of carbonyl (C=O) groups is 1. The number of benzene rings is 2. The van der Waals surface area contributed by atoms with E-state index in [2.05, 4.69) is 24.0 Å². The predicted molar refractivity (Wildman–Crippen MR) is 128 cm³/mol. The van der Waals surface area contributed by atoms with E-state index < -0.39 is 16.0 Å². The zero-order valence-electron chi connectivity index (χ0n) is 20.0. The Hall–Kier alpha value is -3.24. The predicted octanol–water partition coefficient (Wildman–Crippen LogP) is 4.01. The van der Waals surface area contributed by atoms with E-state index in [4.69, 9.17) is 14.0 Å². The summed E-state index contributed by atoms with van der Waals surface area (Å²) in [5, 5.41) is 3.97. The summed E-state index contributed by atoms with van der Waals surface area (Å²) >= 11 is 0. The molecule has 4 rings (SSSR count). The van der Waals surface area contributed by atoms with Gasteiger partial charge in [-0.25, -0.2) is 8.42 Å². The highest BCUT2D eigenvalue weighted by Gasteiger charge is 2.33. The summed E-state index contributed by atoms with van der Waals surface area (Å²) < 4.78 is 42.9. The molecule has 1 aromatic heterocycles. The van der Waals surface area contributed by atoms with Crippen molar-refractivity contribution in [3.05, 3.63) is 60.0 Å². The number of piperidine rings is 1. The van der Waals surface area contributed by atoms with Gasteiger partial charge in [0, 0.05) is 18.7 Å². The van der Waals surface area contributed by atoms with E-state index in [1.807, 2.05) is 24.3 Å². The van der Waals surface area contributed by atoms with Crippen molar-refractivity contribution in [1.82, 2.24) is 14.4 Å². The van der Waals surface area contributed by atoms with Crippen LogP contribution < -0.4 is 4.74 Å². The molecule has 2 heterocycles. The molecule has 0 aliphatic carbocycles. The van der Waals surface area contributed by atoms with Gasteiger partial charge in [0.05, 0.1) is 17.9 Å². The van der Waals surface area contributed by atoms with Gasteiger partial charge in [0.1, 0.15) is 5.75 Å². The van der Waals surface area contributed by atoms with Gasteiger partial charge >= 0.3 is 5.97 Å². The van der Waals surface area contributed by atoms with Crippen LogP contribution in [0.3, 0.4) is 0 Å². The average Bonchev–Trinajstić information content (AvgIpc) is 3.36. The highest BCUT2D eigenvalue weighted by atomic mass is 32.2. The summed E-state index contributed by atoms with van der Waals surface area (Å²) in [4.78, 5) is 17.1. The Morgan fingerprint density at radius 3 is 2.34 bits per heavy atom. The van der Waals surface area contributed by atoms with Gasteiger partial charge in [0.2, 0.25) is 15.8 Å². The SMILES string of the molecule is COc1ccc(S(=O)(=O)N2CCC(C(=O)OCc3nc(-c4ccc(C(C)C)cc4)no3)CC2)cc1. The standard InChI is InChI=1S/C25H29N3O6S/c1-17(2)18-4-6-19(7-5-18)24-26-23(34-27-24)16-33-25(29)20-12-14-28(15-13-20)35(30,31)22-10-8-21(32-3)9-11-22/h4-11,17,20H,12-16H2,1-3H3. The summed E-state index contributed by atoms with van der Waals surface area (Å²) in [6.45, 7) is 4.61. The molecule has 1 saturated heterocycles. The highest BCUT2D eigenvalue weighted by molar-refractivity contribution is 7.89. The van der Waals surface area contributed by atoms with Gasteiger partial charge in [0.15, 0.2) is 6.61 Å². The third kappa shape index (κ3) is 5.71. The topological polar surface area (TPSA) is 112 Å². The Morgan fingerprint density at radius 2 is 1.74 bits per heavy atom. The van der Waals surface area contributed by atoms with Crippen LogP contribution in [0.1, 0.15) is 44.1 Å². The summed E-state index contributed by atoms with van der Waals surface area (Å²) in [6, 6.07) is 14.2. The molecule has 0 saturated carbocycles. The van der Waals surface area contributed by atoms with Crippen molar-refractivity contribution in [1.29, 1.82) is 0 Å². The van der Waals surface area contributed by atoms with Crippen molar-refractivity contribution >= 4 is 16.0 Å². The van der Waals surface area contributed by atoms with E-state index in [9.17, 15) is 13.2 Å². The fourth-order valence-electron chi connectivity index (χ4n) is 3.93. The quantitative estimate of drug-likeness (QED) is 0.427. The van der Waals surface area contributed by atoms with Crippen LogP contribution in [-0.2, 0) is 26.2 Å². The van der Waals surface area contributed by atoms with Gasteiger partial charge in [0.25, 0.3) is 5.89 Å². The first-order chi connectivity index (χ1) is 16.8. The van der Waals surface area contributed by atoms with Gasteiger partial charge in [-0.05, 0) is 48.6 Å². The molecule has 10 heteroatoms. The molecular weight excluding hydrogens is 470 g/mol. The number of methoxy groups -OCH3 is 1. The number of sulfonamides is 1. The van der Waals surface area contributed by atoms with E-state index in [-0.39, 0.29) is 36.4 Å². The Morgan fingerprint density at radius 1 is 1.09 bits per heavy atom. The summed E-state index contributed by atoms with van der Waals surface area (Å²) in [5.74, 6) is 0.876. The number of rotatable bonds is 8. The second-order valence-electron chi connectivity index (χ2n) is 8.75. The molecule has 3 aromatic rings. The van der Waals surface area contributed by atoms with Gasteiger partial charge in [-0.15, -0.1) is 0 Å². The zero-order chi connectivity index (χ0) is 25.0. The Bertz CT molecular complexity index is 1250. The molecule has 1 fully saturated rings. The smallest absolute Gasteiger partial charge is 0.309 e. The Balaban J connectivity index is 1.28. The lowest BCUT2D eigenvalue weighted by atomic mass is 9.98. The van der Waals surface area contributed by atoms with Gasteiger partial charge in [-0.2, -0.15) is 9.29 Å². The van der Waals surface area contributed by atoms with Crippen molar-refractivity contribution < 1.29 is 27.2 Å². The fraction of sp³-hybridized carbons (Fsp3) is 0.400. The van der Waals surface area contributed by atoms with Crippen molar-refractivity contribution in [3.63, 3.8) is 0 Å². The molecule has 0 unspecified atom stereocenters. The fourth-order valence-corrected chi connectivity index (χ4v) is 5.40. The maximum atomic E-state index is 12.9. The molecule has 1 aliphatic rings. The second kappa shape index (κ2) is 10.6. The molecule has 0 spiro atoms. The molecule has 35 heavy (non-hydrogen) atoms. The van der Waals surface area contributed by atoms with E-state index >= 15 is 0 Å². The third-order valence-electron chi connectivity index (χ3n) is 6.13. The number of carbonyl (C=O) groups excluding carboxylic acids is 1. The molecule has 186 valence electrons. The lowest BCUT2D eigenvalue weighted by Crippen LogP contribution is -2.40. The number of hydrogen-bond donors (Lipinski definition) is 0. The molecule has 0 amide bonds. The molecule has 0 atom stereocenters. The van der Waals surface area contributed by atoms with Crippen LogP contribution in [0, 0.1) is 5.92 Å². The Labute approximate surface area is 205 Å². The van der Waals surface area contributed by atoms with Gasteiger partial charge in [-0.3, -0.25) is 4.79 Å². The van der Waals surface area contributed by atoms with Crippen LogP contribution in [0.2, 0.25) is 0 Å². The van der Waals surface area contributed by atoms with E-state index in [1.54, 1.807) is 12.1 Å². The minimum absolute atomic E-state index is 0.125. The van der Waals surface area contributed by atoms with Crippen LogP contribution in [0.15, 0.2) is 57.9 Å². The minimum atomic E-state index is -3.63. The van der Waals surface area contributed by atoms with Crippen LogP contribution in [0.4, 0.5) is 0 Å². The number of hydrogen-bond acceptors (Lipinski definition) is 8. The van der Waals surface area contributed by atoms with Crippen molar-refractivity contribution in [2.75, 3.05) is 20.2 Å². The van der Waals surface area contributed by atoms with Crippen molar-refractivity contribution in [2.24, 2.45) is 5.92 Å². The number of aromatic nitrogens is 2. The van der Waals surface area contributed by atoms with E-state index in [1.165, 1.54) is 29.1 Å². The first kappa shape index (κ1) is 24.9. The van der Waals surface area contributed by atoms with Crippen LogP contribution >= 0.6 is 0 Å². The van der Waals surface area contributed by atoms with Crippen LogP contribution in [0.5, 0.6) is 5.75 Å². The van der Waals surface area contributed by atoms with E-state index in [0.29, 0.717) is 30.3 Å². The lowest BCUT2D eigenvalue weighted by Gasteiger charge is -2.30. The third-order valence-corrected chi connectivity index (χ3v) is 8.04. The minimum Gasteiger partial charge on any atom is -0.497 e. The average molecular weight is 500 g/mol. The maximum Gasteiger partial charge on any atom is 0.309 e.